The van der Waals surface area contributed by atoms with Crippen LogP contribution in [0.1, 0.15) is 26.3 Å². The molecule has 1 aromatic rings. The van der Waals surface area contributed by atoms with Crippen LogP contribution in [0.25, 0.3) is 0 Å². The van der Waals surface area contributed by atoms with Crippen molar-refractivity contribution in [3.63, 3.8) is 0 Å². The Bertz CT molecular complexity index is 393. The summed E-state index contributed by atoms with van der Waals surface area (Å²) in [5.41, 5.74) is 0.431. The van der Waals surface area contributed by atoms with Gasteiger partial charge in [-0.25, -0.2) is 4.39 Å². The minimum Gasteiger partial charge on any atom is -0.373 e. The van der Waals surface area contributed by atoms with Crippen LogP contribution in [0.15, 0.2) is 24.3 Å². The van der Waals surface area contributed by atoms with Crippen molar-refractivity contribution < 1.29 is 13.9 Å². The number of ether oxygens (including phenoxy) is 1. The van der Waals surface area contributed by atoms with Gasteiger partial charge in [-0.15, -0.1) is 0 Å². The number of Topliss-reactive ketones (excluding diaryl/α,β-unsaturated/α-hetero) is 1. The number of rotatable bonds is 4. The molecular formula is C14H19FO2. The van der Waals surface area contributed by atoms with Crippen LogP contribution < -0.4 is 0 Å². The summed E-state index contributed by atoms with van der Waals surface area (Å²) in [5.74, 6) is -0.342. The molecule has 17 heavy (non-hydrogen) atoms. The highest BCUT2D eigenvalue weighted by Crippen LogP contribution is 2.23. The lowest BCUT2D eigenvalue weighted by Gasteiger charge is -2.28. The fraction of sp³-hybridized carbons (Fsp3) is 0.500. The first-order valence-electron chi connectivity index (χ1n) is 5.64. The topological polar surface area (TPSA) is 26.3 Å². The molecule has 1 rings (SSSR count). The van der Waals surface area contributed by atoms with Crippen LogP contribution in [0.3, 0.4) is 0 Å². The molecule has 3 heteroatoms. The maximum Gasteiger partial charge on any atom is 0.166 e. The van der Waals surface area contributed by atoms with Crippen LogP contribution in [-0.4, -0.2) is 19.0 Å². The third-order valence-corrected chi connectivity index (χ3v) is 2.58. The van der Waals surface area contributed by atoms with E-state index in [1.807, 2.05) is 20.8 Å². The Morgan fingerprint density at radius 3 is 2.53 bits per heavy atom. The van der Waals surface area contributed by atoms with E-state index in [9.17, 15) is 9.18 Å². The van der Waals surface area contributed by atoms with E-state index in [1.165, 1.54) is 19.2 Å². The molecule has 0 aliphatic carbocycles. The Hall–Kier alpha value is -1.22. The van der Waals surface area contributed by atoms with Crippen molar-refractivity contribution in [2.45, 2.75) is 33.3 Å². The first-order valence-corrected chi connectivity index (χ1v) is 5.64. The van der Waals surface area contributed by atoms with E-state index in [0.717, 1.165) is 0 Å². The highest BCUT2D eigenvalue weighted by atomic mass is 19.1. The molecule has 0 aromatic heterocycles. The molecule has 1 aromatic carbocycles. The molecule has 0 fully saturated rings. The lowest BCUT2D eigenvalue weighted by Crippen LogP contribution is -2.37. The molecule has 0 bridgehead atoms. The van der Waals surface area contributed by atoms with Gasteiger partial charge < -0.3 is 4.74 Å². The van der Waals surface area contributed by atoms with Gasteiger partial charge in [0.2, 0.25) is 0 Å². The predicted octanol–water partition coefficient (Wildman–Crippen LogP) is 3.00. The SMILES string of the molecule is COC(C(=O)Cc1cccc(F)c1)C(C)(C)C. The van der Waals surface area contributed by atoms with E-state index in [0.29, 0.717) is 5.56 Å². The smallest absolute Gasteiger partial charge is 0.166 e. The highest BCUT2D eigenvalue weighted by Gasteiger charge is 2.30. The molecule has 0 heterocycles. The standard InChI is InChI=1S/C14H19FO2/c1-14(2,3)13(17-4)12(16)9-10-6-5-7-11(15)8-10/h5-8,13H,9H2,1-4H3. The zero-order valence-corrected chi connectivity index (χ0v) is 10.8. The molecule has 2 nitrogen and oxygen atoms in total. The lowest BCUT2D eigenvalue weighted by molar-refractivity contribution is -0.134. The molecule has 0 radical (unpaired) electrons. The largest absolute Gasteiger partial charge is 0.373 e. The maximum absolute atomic E-state index is 13.0. The van der Waals surface area contributed by atoms with Gasteiger partial charge in [0.05, 0.1) is 0 Å². The van der Waals surface area contributed by atoms with Crippen LogP contribution in [0.2, 0.25) is 0 Å². The summed E-state index contributed by atoms with van der Waals surface area (Å²) >= 11 is 0. The van der Waals surface area contributed by atoms with Crippen LogP contribution in [-0.2, 0) is 16.0 Å². The number of carbonyl (C=O) groups is 1. The first kappa shape index (κ1) is 13.8. The summed E-state index contributed by atoms with van der Waals surface area (Å²) in [6, 6.07) is 6.10. The summed E-state index contributed by atoms with van der Waals surface area (Å²) in [5, 5.41) is 0. The fourth-order valence-corrected chi connectivity index (χ4v) is 1.91. The third-order valence-electron chi connectivity index (χ3n) is 2.58. The van der Waals surface area contributed by atoms with E-state index in [4.69, 9.17) is 4.74 Å². The van der Waals surface area contributed by atoms with Crippen molar-refractivity contribution in [3.8, 4) is 0 Å². The van der Waals surface area contributed by atoms with Crippen molar-refractivity contribution in [1.82, 2.24) is 0 Å². The van der Waals surface area contributed by atoms with Gasteiger partial charge in [0.1, 0.15) is 11.9 Å². The third kappa shape index (κ3) is 3.93. The van der Waals surface area contributed by atoms with Crippen molar-refractivity contribution in [2.75, 3.05) is 7.11 Å². The predicted molar refractivity (Wildman–Crippen MR) is 65.4 cm³/mol. The van der Waals surface area contributed by atoms with Gasteiger partial charge in [-0.05, 0) is 23.1 Å². The summed E-state index contributed by atoms with van der Waals surface area (Å²) in [4.78, 5) is 12.1. The minimum atomic E-state index is -0.467. The van der Waals surface area contributed by atoms with Crippen molar-refractivity contribution in [1.29, 1.82) is 0 Å². The monoisotopic (exact) mass is 238 g/mol. The van der Waals surface area contributed by atoms with Gasteiger partial charge in [0, 0.05) is 13.5 Å². The molecule has 0 aliphatic heterocycles. The number of hydrogen-bond donors (Lipinski definition) is 0. The van der Waals surface area contributed by atoms with Gasteiger partial charge >= 0.3 is 0 Å². The molecule has 0 saturated carbocycles. The highest BCUT2D eigenvalue weighted by molar-refractivity contribution is 5.85. The normalized spacial score (nSPS) is 13.5. The summed E-state index contributed by atoms with van der Waals surface area (Å²) < 4.78 is 18.2. The van der Waals surface area contributed by atoms with E-state index in [-0.39, 0.29) is 23.4 Å². The second-order valence-electron chi connectivity index (χ2n) is 5.25. The number of ketones is 1. The van der Waals surface area contributed by atoms with Crippen LogP contribution in [0.4, 0.5) is 4.39 Å². The first-order chi connectivity index (χ1) is 7.84. The molecule has 0 amide bonds. The molecule has 94 valence electrons. The van der Waals surface area contributed by atoms with Gasteiger partial charge in [-0.2, -0.15) is 0 Å². The van der Waals surface area contributed by atoms with Gasteiger partial charge in [-0.1, -0.05) is 32.9 Å². The number of hydrogen-bond acceptors (Lipinski definition) is 2. The zero-order valence-electron chi connectivity index (χ0n) is 10.8. The van der Waals surface area contributed by atoms with E-state index in [2.05, 4.69) is 0 Å². The number of methoxy groups -OCH3 is 1. The Morgan fingerprint density at radius 1 is 1.41 bits per heavy atom. The van der Waals surface area contributed by atoms with Crippen LogP contribution in [0, 0.1) is 11.2 Å². The molecule has 0 spiro atoms. The number of benzene rings is 1. The molecule has 1 atom stereocenters. The van der Waals surface area contributed by atoms with E-state index >= 15 is 0 Å². The van der Waals surface area contributed by atoms with E-state index in [1.54, 1.807) is 12.1 Å². The van der Waals surface area contributed by atoms with Crippen LogP contribution >= 0.6 is 0 Å². The Labute approximate surface area is 102 Å². The molecule has 0 N–H and O–H groups in total. The summed E-state index contributed by atoms with van der Waals surface area (Å²) in [7, 11) is 1.53. The minimum absolute atomic E-state index is 0.0226. The Kier molecular flexibility index (Phi) is 4.40. The summed E-state index contributed by atoms with van der Waals surface area (Å²) in [6.45, 7) is 5.85. The lowest BCUT2D eigenvalue weighted by atomic mass is 9.84. The Morgan fingerprint density at radius 2 is 2.06 bits per heavy atom. The zero-order chi connectivity index (χ0) is 13.1. The quantitative estimate of drug-likeness (QED) is 0.806. The second kappa shape index (κ2) is 5.41. The number of halogens is 1. The maximum atomic E-state index is 13.0. The average molecular weight is 238 g/mol. The van der Waals surface area contributed by atoms with Crippen molar-refractivity contribution in [3.05, 3.63) is 35.6 Å². The summed E-state index contributed by atoms with van der Waals surface area (Å²) in [6.07, 6.45) is -0.265. The Balaban J connectivity index is 2.78. The van der Waals surface area contributed by atoms with Crippen LogP contribution in [0.5, 0.6) is 0 Å². The van der Waals surface area contributed by atoms with Gasteiger partial charge in [0.15, 0.2) is 5.78 Å². The average Bonchev–Trinajstić information content (AvgIpc) is 2.15. The van der Waals surface area contributed by atoms with E-state index < -0.39 is 6.10 Å². The van der Waals surface area contributed by atoms with Gasteiger partial charge in [0.25, 0.3) is 0 Å². The molecule has 0 aliphatic rings. The van der Waals surface area contributed by atoms with Crippen molar-refractivity contribution >= 4 is 5.78 Å². The number of carbonyl (C=O) groups excluding carboxylic acids is 1. The molecule has 1 unspecified atom stereocenters. The second-order valence-corrected chi connectivity index (χ2v) is 5.25. The molecule has 0 saturated heterocycles. The van der Waals surface area contributed by atoms with Gasteiger partial charge in [-0.3, -0.25) is 4.79 Å². The molecular weight excluding hydrogens is 219 g/mol. The van der Waals surface area contributed by atoms with Crippen molar-refractivity contribution in [2.24, 2.45) is 5.41 Å². The fourth-order valence-electron chi connectivity index (χ4n) is 1.91.